The number of anilines is 1. The van der Waals surface area contributed by atoms with Crippen LogP contribution in [0.2, 0.25) is 10.0 Å². The van der Waals surface area contributed by atoms with E-state index in [9.17, 15) is 4.79 Å². The van der Waals surface area contributed by atoms with Crippen LogP contribution < -0.4 is 4.90 Å². The van der Waals surface area contributed by atoms with Crippen LogP contribution in [-0.2, 0) is 4.79 Å². The van der Waals surface area contributed by atoms with Crippen molar-refractivity contribution in [3.63, 3.8) is 0 Å². The topological polar surface area (TPSA) is 32.7 Å². The second-order valence-corrected chi connectivity index (χ2v) is 6.61. The van der Waals surface area contributed by atoms with Crippen molar-refractivity contribution in [3.05, 3.63) is 58.1 Å². The fraction of sp³-hybridized carbons (Fsp3) is 0.222. The van der Waals surface area contributed by atoms with Crippen molar-refractivity contribution >= 4 is 46.2 Å². The number of carbonyl (C=O) groups excluding carboxylic acids is 1. The number of benzene rings is 2. The zero-order valence-corrected chi connectivity index (χ0v) is 14.4. The average Bonchev–Trinajstić information content (AvgIpc) is 2.63. The van der Waals surface area contributed by atoms with E-state index in [1.54, 1.807) is 29.2 Å². The van der Waals surface area contributed by atoms with Gasteiger partial charge < -0.3 is 4.90 Å². The molecule has 0 atom stereocenters. The molecule has 2 aromatic rings. The van der Waals surface area contributed by atoms with Gasteiger partial charge in [0.05, 0.1) is 23.5 Å². The summed E-state index contributed by atoms with van der Waals surface area (Å²) in [5.41, 5.74) is 3.13. The van der Waals surface area contributed by atoms with Crippen LogP contribution >= 0.6 is 23.2 Å². The van der Waals surface area contributed by atoms with E-state index in [4.69, 9.17) is 28.2 Å². The number of aliphatic imine (C=N–C) groups is 1. The molecule has 118 valence electrons. The molecule has 3 nitrogen and oxygen atoms in total. The van der Waals surface area contributed by atoms with Gasteiger partial charge in [-0.3, -0.25) is 9.79 Å². The Bertz CT molecular complexity index is 782. The number of halogens is 2. The van der Waals surface area contributed by atoms with Gasteiger partial charge in [0, 0.05) is 16.1 Å². The summed E-state index contributed by atoms with van der Waals surface area (Å²) in [6, 6.07) is 12.8. The van der Waals surface area contributed by atoms with Crippen LogP contribution in [0.5, 0.6) is 0 Å². The molecule has 0 saturated carbocycles. The Morgan fingerprint density at radius 3 is 2.35 bits per heavy atom. The molecular formula is C18H16Cl2N2O. The average molecular weight is 347 g/mol. The molecule has 0 radical (unpaired) electrons. The lowest BCUT2D eigenvalue weighted by atomic mass is 10.1. The van der Waals surface area contributed by atoms with Gasteiger partial charge in [-0.15, -0.1) is 0 Å². The molecule has 1 amide bonds. The van der Waals surface area contributed by atoms with Crippen molar-refractivity contribution in [2.24, 2.45) is 4.99 Å². The van der Waals surface area contributed by atoms with E-state index < -0.39 is 0 Å². The van der Waals surface area contributed by atoms with Gasteiger partial charge in [0.15, 0.2) is 0 Å². The number of hydrogen-bond acceptors (Lipinski definition) is 2. The third-order valence-corrected chi connectivity index (χ3v) is 4.22. The lowest BCUT2D eigenvalue weighted by Crippen LogP contribution is -2.37. The summed E-state index contributed by atoms with van der Waals surface area (Å²) in [7, 11) is 0. The quantitative estimate of drug-likeness (QED) is 0.729. The smallest absolute Gasteiger partial charge is 0.233 e. The Balaban J connectivity index is 2.14. The summed E-state index contributed by atoms with van der Waals surface area (Å²) in [5.74, 6) is 0.00900. The second kappa shape index (κ2) is 6.34. The largest absolute Gasteiger partial charge is 0.307 e. The molecule has 23 heavy (non-hydrogen) atoms. The Labute approximate surface area is 145 Å². The SMILES string of the molecule is CC(C)N1C(=O)CC(c2ccc(Cl)cc2)=Nc2ccc(Cl)cc21. The Hall–Kier alpha value is -1.84. The fourth-order valence-electron chi connectivity index (χ4n) is 2.71. The number of hydrogen-bond donors (Lipinski definition) is 0. The molecule has 0 spiro atoms. The van der Waals surface area contributed by atoms with Gasteiger partial charge in [0.1, 0.15) is 0 Å². The summed E-state index contributed by atoms with van der Waals surface area (Å²) < 4.78 is 0. The first-order chi connectivity index (χ1) is 11.0. The summed E-state index contributed by atoms with van der Waals surface area (Å²) in [4.78, 5) is 19.2. The third kappa shape index (κ3) is 3.26. The van der Waals surface area contributed by atoms with Gasteiger partial charge in [0.25, 0.3) is 0 Å². The zero-order valence-electron chi connectivity index (χ0n) is 12.9. The van der Waals surface area contributed by atoms with Crippen LogP contribution in [0.3, 0.4) is 0 Å². The molecule has 0 saturated heterocycles. The van der Waals surface area contributed by atoms with Crippen LogP contribution in [0, 0.1) is 0 Å². The third-order valence-electron chi connectivity index (χ3n) is 3.73. The van der Waals surface area contributed by atoms with Gasteiger partial charge in [-0.05, 0) is 49.7 Å². The van der Waals surface area contributed by atoms with E-state index in [-0.39, 0.29) is 18.4 Å². The molecule has 0 N–H and O–H groups in total. The van der Waals surface area contributed by atoms with Crippen molar-refractivity contribution in [1.82, 2.24) is 0 Å². The van der Waals surface area contributed by atoms with Crippen LogP contribution in [0.15, 0.2) is 47.5 Å². The van der Waals surface area contributed by atoms with Gasteiger partial charge in [-0.2, -0.15) is 0 Å². The summed E-state index contributed by atoms with van der Waals surface area (Å²) >= 11 is 12.1. The number of rotatable bonds is 2. The minimum absolute atomic E-state index is 0.00900. The standard InChI is InChI=1S/C18H16Cl2N2O/c1-11(2)22-17-9-14(20)7-8-15(17)21-16(10-18(22)23)12-3-5-13(19)6-4-12/h3-9,11H,10H2,1-2H3. The molecule has 5 heteroatoms. The van der Waals surface area contributed by atoms with E-state index in [0.29, 0.717) is 10.0 Å². The molecule has 0 bridgehead atoms. The first-order valence-electron chi connectivity index (χ1n) is 7.41. The molecule has 1 aliphatic heterocycles. The molecule has 0 aromatic heterocycles. The Kier molecular flexibility index (Phi) is 4.42. The van der Waals surface area contributed by atoms with Crippen LogP contribution in [0.1, 0.15) is 25.8 Å². The molecule has 3 rings (SSSR count). The summed E-state index contributed by atoms with van der Waals surface area (Å²) in [6.45, 7) is 3.96. The zero-order chi connectivity index (χ0) is 16.6. The molecule has 0 fully saturated rings. The minimum atomic E-state index is 0.00900. The van der Waals surface area contributed by atoms with Crippen molar-refractivity contribution in [1.29, 1.82) is 0 Å². The first kappa shape index (κ1) is 16.0. The van der Waals surface area contributed by atoms with E-state index in [2.05, 4.69) is 0 Å². The van der Waals surface area contributed by atoms with Crippen molar-refractivity contribution in [2.75, 3.05) is 4.90 Å². The van der Waals surface area contributed by atoms with E-state index in [0.717, 1.165) is 22.6 Å². The highest BCUT2D eigenvalue weighted by atomic mass is 35.5. The van der Waals surface area contributed by atoms with E-state index in [1.165, 1.54) is 0 Å². The monoisotopic (exact) mass is 346 g/mol. The van der Waals surface area contributed by atoms with Gasteiger partial charge in [-0.1, -0.05) is 35.3 Å². The molecule has 2 aromatic carbocycles. The van der Waals surface area contributed by atoms with Gasteiger partial charge in [0.2, 0.25) is 5.91 Å². The molecule has 1 aliphatic rings. The highest BCUT2D eigenvalue weighted by Crippen LogP contribution is 2.36. The normalized spacial score (nSPS) is 14.6. The van der Waals surface area contributed by atoms with Crippen molar-refractivity contribution in [3.8, 4) is 0 Å². The summed E-state index contributed by atoms with van der Waals surface area (Å²) in [5, 5.41) is 1.25. The number of nitrogens with zero attached hydrogens (tertiary/aromatic N) is 2. The summed E-state index contributed by atoms with van der Waals surface area (Å²) in [6.07, 6.45) is 0.242. The number of fused-ring (bicyclic) bond motifs is 1. The minimum Gasteiger partial charge on any atom is -0.307 e. The van der Waals surface area contributed by atoms with E-state index in [1.807, 2.05) is 32.0 Å². The second-order valence-electron chi connectivity index (χ2n) is 5.73. The van der Waals surface area contributed by atoms with E-state index >= 15 is 0 Å². The van der Waals surface area contributed by atoms with Crippen LogP contribution in [0.25, 0.3) is 0 Å². The van der Waals surface area contributed by atoms with Crippen LogP contribution in [-0.4, -0.2) is 17.7 Å². The highest BCUT2D eigenvalue weighted by molar-refractivity contribution is 6.31. The molecular weight excluding hydrogens is 331 g/mol. The predicted octanol–water partition coefficient (Wildman–Crippen LogP) is 5.26. The van der Waals surface area contributed by atoms with Crippen molar-refractivity contribution in [2.45, 2.75) is 26.3 Å². The van der Waals surface area contributed by atoms with Crippen LogP contribution in [0.4, 0.5) is 11.4 Å². The van der Waals surface area contributed by atoms with Crippen molar-refractivity contribution < 1.29 is 4.79 Å². The van der Waals surface area contributed by atoms with Gasteiger partial charge >= 0.3 is 0 Å². The number of amides is 1. The fourth-order valence-corrected chi connectivity index (χ4v) is 3.00. The lowest BCUT2D eigenvalue weighted by Gasteiger charge is -2.26. The highest BCUT2D eigenvalue weighted by Gasteiger charge is 2.27. The van der Waals surface area contributed by atoms with Gasteiger partial charge in [-0.25, -0.2) is 0 Å². The molecule has 1 heterocycles. The molecule has 0 unspecified atom stereocenters. The molecule has 0 aliphatic carbocycles. The predicted molar refractivity (Wildman–Crippen MR) is 96.3 cm³/mol. The Morgan fingerprint density at radius 2 is 1.70 bits per heavy atom. The maximum Gasteiger partial charge on any atom is 0.233 e. The first-order valence-corrected chi connectivity index (χ1v) is 8.16. The lowest BCUT2D eigenvalue weighted by molar-refractivity contribution is -0.117. The Morgan fingerprint density at radius 1 is 1.04 bits per heavy atom. The maximum atomic E-state index is 12.8. The maximum absolute atomic E-state index is 12.8. The number of carbonyl (C=O) groups is 1.